The number of hydrogen-bond donors (Lipinski definition) is 2. The number of ether oxygens (including phenoxy) is 1. The maximum absolute atomic E-state index is 12.7. The van der Waals surface area contributed by atoms with Crippen LogP contribution in [0.4, 0.5) is 0 Å². The third-order valence-corrected chi connectivity index (χ3v) is 5.71. The molecular formula is C20H23N3O4. The number of hydrogen-bond acceptors (Lipinski definition) is 4. The summed E-state index contributed by atoms with van der Waals surface area (Å²) in [5.41, 5.74) is 2.03. The Morgan fingerprint density at radius 2 is 2.00 bits per heavy atom. The third-order valence-electron chi connectivity index (χ3n) is 5.71. The molecule has 1 amide bonds. The average Bonchev–Trinajstić information content (AvgIpc) is 3.29. The molecule has 1 saturated heterocycles. The number of aromatic nitrogens is 2. The van der Waals surface area contributed by atoms with Crippen LogP contribution in [0.3, 0.4) is 0 Å². The summed E-state index contributed by atoms with van der Waals surface area (Å²) < 4.78 is 7.33. The van der Waals surface area contributed by atoms with Crippen LogP contribution in [0.1, 0.15) is 52.1 Å². The molecule has 3 atom stereocenters. The van der Waals surface area contributed by atoms with Gasteiger partial charge in [0, 0.05) is 24.1 Å². The highest BCUT2D eigenvalue weighted by Gasteiger charge is 2.38. The van der Waals surface area contributed by atoms with Crippen molar-refractivity contribution in [3.05, 3.63) is 47.3 Å². The molecule has 1 aliphatic heterocycles. The van der Waals surface area contributed by atoms with Gasteiger partial charge in [-0.25, -0.2) is 9.48 Å². The van der Waals surface area contributed by atoms with Gasteiger partial charge in [0.2, 0.25) is 0 Å². The first-order chi connectivity index (χ1) is 13.0. The summed E-state index contributed by atoms with van der Waals surface area (Å²) in [6.45, 7) is 2.50. The van der Waals surface area contributed by atoms with Crippen LogP contribution in [-0.4, -0.2) is 45.5 Å². The number of carbonyl (C=O) groups excluding carboxylic acids is 1. The first-order valence-electron chi connectivity index (χ1n) is 9.35. The van der Waals surface area contributed by atoms with E-state index in [1.54, 1.807) is 35.9 Å². The Balaban J connectivity index is 1.47. The zero-order valence-electron chi connectivity index (χ0n) is 15.2. The summed E-state index contributed by atoms with van der Waals surface area (Å²) in [4.78, 5) is 23.8. The molecule has 4 rings (SSSR count). The summed E-state index contributed by atoms with van der Waals surface area (Å²) in [5, 5.41) is 16.5. The van der Waals surface area contributed by atoms with Gasteiger partial charge in [-0.05, 0) is 56.9 Å². The highest BCUT2D eigenvalue weighted by Crippen LogP contribution is 2.34. The van der Waals surface area contributed by atoms with Crippen LogP contribution in [0.25, 0.3) is 5.69 Å². The molecule has 1 aromatic carbocycles. The van der Waals surface area contributed by atoms with Gasteiger partial charge in [-0.2, -0.15) is 5.10 Å². The molecule has 0 radical (unpaired) electrons. The first kappa shape index (κ1) is 17.7. The second-order valence-corrected chi connectivity index (χ2v) is 7.28. The van der Waals surface area contributed by atoms with Gasteiger partial charge in [-0.15, -0.1) is 0 Å². The number of rotatable bonds is 4. The van der Waals surface area contributed by atoms with Crippen LogP contribution in [-0.2, 0) is 4.74 Å². The van der Waals surface area contributed by atoms with E-state index in [2.05, 4.69) is 10.4 Å². The number of nitrogens with one attached hydrogen (secondary N) is 1. The number of aromatic carboxylic acids is 1. The lowest BCUT2D eigenvalue weighted by atomic mass is 9.81. The van der Waals surface area contributed by atoms with Crippen molar-refractivity contribution >= 4 is 11.9 Å². The van der Waals surface area contributed by atoms with Crippen LogP contribution in [0.2, 0.25) is 0 Å². The molecule has 0 unspecified atom stereocenters. The molecule has 142 valence electrons. The van der Waals surface area contributed by atoms with E-state index in [1.807, 2.05) is 0 Å². The monoisotopic (exact) mass is 369 g/mol. The highest BCUT2D eigenvalue weighted by atomic mass is 16.5. The minimum absolute atomic E-state index is 0.0810. The van der Waals surface area contributed by atoms with E-state index >= 15 is 0 Å². The van der Waals surface area contributed by atoms with Gasteiger partial charge in [0.15, 0.2) is 0 Å². The van der Waals surface area contributed by atoms with Crippen molar-refractivity contribution in [2.24, 2.45) is 5.92 Å². The standard InChI is InChI=1S/C20H23N3O4/c1-12-16(20(25)26)11-21-23(12)14-7-5-13(6-8-14)19(24)22-17-3-2-4-18-15(17)9-10-27-18/h5-8,11,15,17-18H,2-4,9-10H2,1H3,(H,22,24)(H,25,26)/t15-,17-,18+/m1/s1. The molecule has 1 saturated carbocycles. The fraction of sp³-hybridized carbons (Fsp3) is 0.450. The molecule has 0 spiro atoms. The Kier molecular flexibility index (Phi) is 4.70. The van der Waals surface area contributed by atoms with Crippen molar-refractivity contribution in [3.63, 3.8) is 0 Å². The summed E-state index contributed by atoms with van der Waals surface area (Å²) in [6, 6.07) is 7.23. The quantitative estimate of drug-likeness (QED) is 0.864. The van der Waals surface area contributed by atoms with Crippen molar-refractivity contribution in [2.45, 2.75) is 44.8 Å². The Morgan fingerprint density at radius 1 is 1.22 bits per heavy atom. The topological polar surface area (TPSA) is 93.5 Å². The molecule has 1 aliphatic carbocycles. The molecule has 27 heavy (non-hydrogen) atoms. The maximum Gasteiger partial charge on any atom is 0.339 e. The van der Waals surface area contributed by atoms with Gasteiger partial charge in [0.25, 0.3) is 5.91 Å². The molecule has 2 heterocycles. The smallest absolute Gasteiger partial charge is 0.339 e. The molecule has 2 N–H and O–H groups in total. The lowest BCUT2D eigenvalue weighted by Gasteiger charge is -2.33. The van der Waals surface area contributed by atoms with Gasteiger partial charge in [-0.1, -0.05) is 0 Å². The molecule has 2 aromatic rings. The van der Waals surface area contributed by atoms with Crippen LogP contribution in [0.15, 0.2) is 30.5 Å². The van der Waals surface area contributed by atoms with E-state index in [0.29, 0.717) is 17.2 Å². The zero-order chi connectivity index (χ0) is 19.0. The summed E-state index contributed by atoms with van der Waals surface area (Å²) in [7, 11) is 0. The number of benzene rings is 1. The highest BCUT2D eigenvalue weighted by molar-refractivity contribution is 5.94. The maximum atomic E-state index is 12.7. The van der Waals surface area contributed by atoms with E-state index < -0.39 is 5.97 Å². The Morgan fingerprint density at radius 3 is 2.70 bits per heavy atom. The second-order valence-electron chi connectivity index (χ2n) is 7.28. The van der Waals surface area contributed by atoms with Crippen LogP contribution in [0.5, 0.6) is 0 Å². The largest absolute Gasteiger partial charge is 0.478 e. The predicted molar refractivity (Wildman–Crippen MR) is 98.2 cm³/mol. The zero-order valence-corrected chi connectivity index (χ0v) is 15.2. The third kappa shape index (κ3) is 3.35. The van der Waals surface area contributed by atoms with E-state index in [-0.39, 0.29) is 23.6 Å². The van der Waals surface area contributed by atoms with E-state index in [4.69, 9.17) is 9.84 Å². The molecule has 2 aliphatic rings. The van der Waals surface area contributed by atoms with Crippen molar-refractivity contribution in [1.82, 2.24) is 15.1 Å². The second kappa shape index (κ2) is 7.15. The normalized spacial score (nSPS) is 24.4. The SMILES string of the molecule is Cc1c(C(=O)O)cnn1-c1ccc(C(=O)N[C@@H]2CCC[C@@H]3OCC[C@@H]32)cc1. The lowest BCUT2D eigenvalue weighted by Crippen LogP contribution is -2.45. The van der Waals surface area contributed by atoms with Gasteiger partial charge < -0.3 is 15.2 Å². The van der Waals surface area contributed by atoms with Crippen molar-refractivity contribution in [2.75, 3.05) is 6.61 Å². The molecule has 1 aromatic heterocycles. The number of amides is 1. The number of fused-ring (bicyclic) bond motifs is 1. The molecule has 7 nitrogen and oxygen atoms in total. The number of nitrogens with zero attached hydrogens (tertiary/aromatic N) is 2. The molecule has 2 fully saturated rings. The minimum atomic E-state index is -1.00. The van der Waals surface area contributed by atoms with Crippen LogP contribution in [0, 0.1) is 12.8 Å². The minimum Gasteiger partial charge on any atom is -0.478 e. The van der Waals surface area contributed by atoms with E-state index in [9.17, 15) is 9.59 Å². The van der Waals surface area contributed by atoms with Crippen LogP contribution >= 0.6 is 0 Å². The van der Waals surface area contributed by atoms with Gasteiger partial charge in [0.05, 0.1) is 23.7 Å². The van der Waals surface area contributed by atoms with Gasteiger partial charge in [-0.3, -0.25) is 4.79 Å². The average molecular weight is 369 g/mol. The number of carboxylic acid groups (broad SMARTS) is 1. The summed E-state index contributed by atoms with van der Waals surface area (Å²) in [6.07, 6.45) is 5.81. The molecular weight excluding hydrogens is 346 g/mol. The van der Waals surface area contributed by atoms with Crippen molar-refractivity contribution in [3.8, 4) is 5.69 Å². The lowest BCUT2D eigenvalue weighted by molar-refractivity contribution is 0.0510. The van der Waals surface area contributed by atoms with Crippen molar-refractivity contribution in [1.29, 1.82) is 0 Å². The summed E-state index contributed by atoms with van der Waals surface area (Å²) >= 11 is 0. The summed E-state index contributed by atoms with van der Waals surface area (Å²) in [5.74, 6) is -0.665. The van der Waals surface area contributed by atoms with E-state index in [0.717, 1.165) is 38.0 Å². The predicted octanol–water partition coefficient (Wildman–Crippen LogP) is 2.57. The molecule has 7 heteroatoms. The Bertz CT molecular complexity index is 859. The van der Waals surface area contributed by atoms with Gasteiger partial charge in [0.1, 0.15) is 5.56 Å². The fourth-order valence-corrected chi connectivity index (χ4v) is 4.24. The van der Waals surface area contributed by atoms with Crippen LogP contribution < -0.4 is 5.32 Å². The van der Waals surface area contributed by atoms with Crippen molar-refractivity contribution < 1.29 is 19.4 Å². The molecule has 0 bridgehead atoms. The van der Waals surface area contributed by atoms with E-state index in [1.165, 1.54) is 6.20 Å². The Hall–Kier alpha value is -2.67. The fourth-order valence-electron chi connectivity index (χ4n) is 4.24. The van der Waals surface area contributed by atoms with Gasteiger partial charge >= 0.3 is 5.97 Å². The first-order valence-corrected chi connectivity index (χ1v) is 9.35. The number of carbonyl (C=O) groups is 2. The Labute approximate surface area is 157 Å². The number of carboxylic acids is 1.